The summed E-state index contributed by atoms with van der Waals surface area (Å²) in [5.41, 5.74) is 7.11. The van der Waals surface area contributed by atoms with Gasteiger partial charge in [0.25, 0.3) is 0 Å². The first-order valence-corrected chi connectivity index (χ1v) is 4.86. The third-order valence-corrected chi connectivity index (χ3v) is 2.60. The zero-order valence-electron chi connectivity index (χ0n) is 7.27. The Bertz CT molecular complexity index is 424. The normalized spacial score (nSPS) is 10.4. The average Bonchev–Trinajstić information content (AvgIpc) is 2.67. The number of benzene rings is 1. The second-order valence-corrected chi connectivity index (χ2v) is 3.59. The van der Waals surface area contributed by atoms with Gasteiger partial charge in [0.05, 0.1) is 4.88 Å². The lowest BCUT2D eigenvalue weighted by Crippen LogP contribution is -1.95. The average molecular weight is 209 g/mol. The Kier molecular flexibility index (Phi) is 2.51. The van der Waals surface area contributed by atoms with Crippen molar-refractivity contribution in [3.63, 3.8) is 0 Å². The molecular formula is C9H8FN3S. The van der Waals surface area contributed by atoms with Crippen molar-refractivity contribution < 1.29 is 4.39 Å². The van der Waals surface area contributed by atoms with Crippen LogP contribution in [-0.2, 0) is 6.54 Å². The van der Waals surface area contributed by atoms with E-state index in [0.717, 1.165) is 16.1 Å². The molecule has 2 rings (SSSR count). The maximum Gasteiger partial charge on any atom is 0.123 e. The highest BCUT2D eigenvalue weighted by atomic mass is 32.1. The number of halogens is 1. The van der Waals surface area contributed by atoms with Crippen LogP contribution in [0.1, 0.15) is 4.88 Å². The molecule has 3 nitrogen and oxygen atoms in total. The quantitative estimate of drug-likeness (QED) is 0.820. The molecule has 14 heavy (non-hydrogen) atoms. The van der Waals surface area contributed by atoms with Crippen LogP contribution >= 0.6 is 11.5 Å². The van der Waals surface area contributed by atoms with Gasteiger partial charge in [0.15, 0.2) is 0 Å². The Morgan fingerprint density at radius 2 is 2.00 bits per heavy atom. The lowest BCUT2D eigenvalue weighted by atomic mass is 10.1. The van der Waals surface area contributed by atoms with Gasteiger partial charge in [0, 0.05) is 12.1 Å². The lowest BCUT2D eigenvalue weighted by Gasteiger charge is -1.97. The first-order chi connectivity index (χ1) is 6.81. The van der Waals surface area contributed by atoms with E-state index in [9.17, 15) is 4.39 Å². The molecule has 1 aromatic carbocycles. The molecule has 0 atom stereocenters. The maximum atomic E-state index is 12.7. The van der Waals surface area contributed by atoms with E-state index in [-0.39, 0.29) is 5.82 Å². The minimum absolute atomic E-state index is 0.258. The molecule has 72 valence electrons. The number of aromatic nitrogens is 2. The molecule has 0 saturated carbocycles. The largest absolute Gasteiger partial charge is 0.326 e. The molecule has 0 bridgehead atoms. The predicted octanol–water partition coefficient (Wildman–Crippen LogP) is 1.80. The summed E-state index contributed by atoms with van der Waals surface area (Å²) in [5, 5.41) is 3.95. The fraction of sp³-hybridized carbons (Fsp3) is 0.111. The Morgan fingerprint density at radius 3 is 2.64 bits per heavy atom. The third-order valence-electron chi connectivity index (χ3n) is 1.86. The van der Waals surface area contributed by atoms with Crippen molar-refractivity contribution in [3.05, 3.63) is 35.0 Å². The Hall–Kier alpha value is -1.33. The van der Waals surface area contributed by atoms with Gasteiger partial charge in [-0.05, 0) is 35.8 Å². The van der Waals surface area contributed by atoms with E-state index in [0.29, 0.717) is 6.54 Å². The van der Waals surface area contributed by atoms with Gasteiger partial charge in [-0.3, -0.25) is 0 Å². The van der Waals surface area contributed by atoms with Crippen LogP contribution in [0.5, 0.6) is 0 Å². The molecule has 0 amide bonds. The van der Waals surface area contributed by atoms with E-state index in [4.69, 9.17) is 5.73 Å². The Labute approximate surface area is 84.5 Å². The highest BCUT2D eigenvalue weighted by molar-refractivity contribution is 7.05. The van der Waals surface area contributed by atoms with E-state index in [1.165, 1.54) is 23.7 Å². The SMILES string of the molecule is NCc1snnc1-c1ccc(F)cc1. The smallest absolute Gasteiger partial charge is 0.123 e. The van der Waals surface area contributed by atoms with Crippen molar-refractivity contribution >= 4 is 11.5 Å². The van der Waals surface area contributed by atoms with Gasteiger partial charge >= 0.3 is 0 Å². The van der Waals surface area contributed by atoms with Crippen LogP contribution in [0.3, 0.4) is 0 Å². The molecular weight excluding hydrogens is 201 g/mol. The summed E-state index contributed by atoms with van der Waals surface area (Å²) in [6.07, 6.45) is 0. The standard InChI is InChI=1S/C9H8FN3S/c10-7-3-1-6(2-4-7)9-8(5-11)14-13-12-9/h1-4H,5,11H2. The predicted molar refractivity (Wildman–Crippen MR) is 53.2 cm³/mol. The first-order valence-electron chi connectivity index (χ1n) is 4.08. The number of hydrogen-bond acceptors (Lipinski definition) is 4. The maximum absolute atomic E-state index is 12.7. The van der Waals surface area contributed by atoms with Crippen molar-refractivity contribution in [2.24, 2.45) is 5.73 Å². The summed E-state index contributed by atoms with van der Waals surface area (Å²) in [6, 6.07) is 6.14. The number of nitrogens with zero attached hydrogens (tertiary/aromatic N) is 2. The molecule has 0 aliphatic heterocycles. The molecule has 0 aliphatic carbocycles. The van der Waals surface area contributed by atoms with Crippen LogP contribution in [0.15, 0.2) is 24.3 Å². The molecule has 0 radical (unpaired) electrons. The van der Waals surface area contributed by atoms with Crippen LogP contribution in [-0.4, -0.2) is 9.59 Å². The fourth-order valence-electron chi connectivity index (χ4n) is 1.17. The highest BCUT2D eigenvalue weighted by Crippen LogP contribution is 2.23. The summed E-state index contributed by atoms with van der Waals surface area (Å²) in [6.45, 7) is 0.407. The molecule has 0 spiro atoms. The molecule has 5 heteroatoms. The Balaban J connectivity index is 2.44. The van der Waals surface area contributed by atoms with Crippen molar-refractivity contribution in [1.29, 1.82) is 0 Å². The third kappa shape index (κ3) is 1.64. The van der Waals surface area contributed by atoms with E-state index >= 15 is 0 Å². The molecule has 0 unspecified atom stereocenters. The summed E-state index contributed by atoms with van der Waals surface area (Å²) >= 11 is 1.27. The van der Waals surface area contributed by atoms with Gasteiger partial charge in [0.2, 0.25) is 0 Å². The number of hydrogen-bond donors (Lipinski definition) is 1. The molecule has 0 saturated heterocycles. The summed E-state index contributed by atoms with van der Waals surface area (Å²) in [4.78, 5) is 0.914. The highest BCUT2D eigenvalue weighted by Gasteiger charge is 2.08. The number of rotatable bonds is 2. The molecule has 1 aromatic heterocycles. The lowest BCUT2D eigenvalue weighted by molar-refractivity contribution is 0.628. The van der Waals surface area contributed by atoms with E-state index in [1.807, 2.05) is 0 Å². The van der Waals surface area contributed by atoms with Crippen molar-refractivity contribution in [3.8, 4) is 11.3 Å². The van der Waals surface area contributed by atoms with Crippen LogP contribution in [0.2, 0.25) is 0 Å². The zero-order chi connectivity index (χ0) is 9.97. The van der Waals surface area contributed by atoms with Gasteiger partial charge in [-0.15, -0.1) is 5.10 Å². The van der Waals surface area contributed by atoms with E-state index in [1.54, 1.807) is 12.1 Å². The van der Waals surface area contributed by atoms with Gasteiger partial charge in [-0.2, -0.15) is 0 Å². The Morgan fingerprint density at radius 1 is 1.29 bits per heavy atom. The minimum Gasteiger partial charge on any atom is -0.326 e. The van der Waals surface area contributed by atoms with E-state index in [2.05, 4.69) is 9.59 Å². The topological polar surface area (TPSA) is 51.8 Å². The zero-order valence-corrected chi connectivity index (χ0v) is 8.09. The van der Waals surface area contributed by atoms with Crippen LogP contribution in [0.25, 0.3) is 11.3 Å². The second-order valence-electron chi connectivity index (χ2n) is 2.76. The summed E-state index contributed by atoms with van der Waals surface area (Å²) < 4.78 is 16.5. The summed E-state index contributed by atoms with van der Waals surface area (Å²) in [7, 11) is 0. The van der Waals surface area contributed by atoms with Crippen LogP contribution < -0.4 is 5.73 Å². The van der Waals surface area contributed by atoms with Gasteiger partial charge in [-0.1, -0.05) is 4.49 Å². The van der Waals surface area contributed by atoms with Crippen molar-refractivity contribution in [1.82, 2.24) is 9.59 Å². The summed E-state index contributed by atoms with van der Waals surface area (Å²) in [5.74, 6) is -0.258. The van der Waals surface area contributed by atoms with Crippen LogP contribution in [0, 0.1) is 5.82 Å². The fourth-order valence-corrected chi connectivity index (χ4v) is 1.71. The first kappa shape index (κ1) is 9.23. The molecule has 0 fully saturated rings. The molecule has 0 aliphatic rings. The van der Waals surface area contributed by atoms with Gasteiger partial charge in [-0.25, -0.2) is 4.39 Å². The van der Waals surface area contributed by atoms with Gasteiger partial charge < -0.3 is 5.73 Å². The molecule has 2 N–H and O–H groups in total. The van der Waals surface area contributed by atoms with Crippen molar-refractivity contribution in [2.45, 2.75) is 6.54 Å². The minimum atomic E-state index is -0.258. The van der Waals surface area contributed by atoms with Crippen molar-refractivity contribution in [2.75, 3.05) is 0 Å². The van der Waals surface area contributed by atoms with E-state index < -0.39 is 0 Å². The van der Waals surface area contributed by atoms with Gasteiger partial charge in [0.1, 0.15) is 11.5 Å². The second kappa shape index (κ2) is 3.81. The van der Waals surface area contributed by atoms with Crippen LogP contribution in [0.4, 0.5) is 4.39 Å². The monoisotopic (exact) mass is 209 g/mol. The molecule has 1 heterocycles. The molecule has 2 aromatic rings. The number of nitrogens with two attached hydrogens (primary N) is 1.